The van der Waals surface area contributed by atoms with Gasteiger partial charge in [-0.1, -0.05) is 24.3 Å². The molecule has 0 aliphatic rings. The van der Waals surface area contributed by atoms with Crippen molar-refractivity contribution in [1.29, 1.82) is 0 Å². The molecule has 1 N–H and O–H groups in total. The first-order chi connectivity index (χ1) is 17.1. The fraction of sp³-hybridized carbons (Fsp3) is 0.345. The molecule has 0 spiro atoms. The number of aliphatic hydroxyl groups excluding tert-OH is 1. The van der Waals surface area contributed by atoms with Crippen molar-refractivity contribution in [2.45, 2.75) is 52.1 Å². The summed E-state index contributed by atoms with van der Waals surface area (Å²) < 4.78 is 36.6. The van der Waals surface area contributed by atoms with E-state index in [1.807, 2.05) is 39.0 Å². The third-order valence-corrected chi connectivity index (χ3v) is 5.53. The zero-order chi connectivity index (χ0) is 26.3. The number of methoxy groups -OCH3 is 2. The summed E-state index contributed by atoms with van der Waals surface area (Å²) in [6.45, 7) is 6.44. The van der Waals surface area contributed by atoms with Crippen LogP contribution in [0.3, 0.4) is 0 Å². The molecule has 0 unspecified atom stereocenters. The number of benzene rings is 3. The van der Waals surface area contributed by atoms with E-state index in [1.54, 1.807) is 43.5 Å². The van der Waals surface area contributed by atoms with Gasteiger partial charge in [0.1, 0.15) is 23.9 Å². The van der Waals surface area contributed by atoms with Crippen LogP contribution in [0.2, 0.25) is 0 Å². The molecule has 3 aromatic carbocycles. The molecule has 3 aromatic rings. The lowest BCUT2D eigenvalue weighted by atomic mass is 9.97. The summed E-state index contributed by atoms with van der Waals surface area (Å²) in [5.74, 6) is 0.271. The van der Waals surface area contributed by atoms with Gasteiger partial charge in [-0.05, 0) is 79.4 Å². The van der Waals surface area contributed by atoms with Crippen molar-refractivity contribution in [3.8, 4) is 22.6 Å². The van der Waals surface area contributed by atoms with Gasteiger partial charge < -0.3 is 24.1 Å². The Morgan fingerprint density at radius 1 is 0.944 bits per heavy atom. The maximum absolute atomic E-state index is 14.8. The Morgan fingerprint density at radius 2 is 1.72 bits per heavy atom. The molecule has 0 fully saturated rings. The van der Waals surface area contributed by atoms with Gasteiger partial charge in [0.25, 0.3) is 0 Å². The van der Waals surface area contributed by atoms with E-state index in [0.29, 0.717) is 34.8 Å². The molecule has 0 aliphatic heterocycles. The molecule has 0 amide bonds. The lowest BCUT2D eigenvalue weighted by Crippen LogP contribution is -2.19. The highest BCUT2D eigenvalue weighted by molar-refractivity contribution is 5.70. The second-order valence-electron chi connectivity index (χ2n) is 9.40. The van der Waals surface area contributed by atoms with Crippen LogP contribution in [-0.4, -0.2) is 30.9 Å². The summed E-state index contributed by atoms with van der Waals surface area (Å²) >= 11 is 0. The third-order valence-electron chi connectivity index (χ3n) is 5.53. The van der Waals surface area contributed by atoms with Gasteiger partial charge in [0.15, 0.2) is 0 Å². The minimum Gasteiger partial charge on any atom is -0.497 e. The summed E-state index contributed by atoms with van der Waals surface area (Å²) in [5.41, 5.74) is 3.02. The summed E-state index contributed by atoms with van der Waals surface area (Å²) in [6, 6.07) is 17.3. The largest absolute Gasteiger partial charge is 0.497 e. The number of hydrogen-bond acceptors (Lipinski definition) is 6. The van der Waals surface area contributed by atoms with E-state index in [-0.39, 0.29) is 24.4 Å². The van der Waals surface area contributed by atoms with Crippen molar-refractivity contribution in [2.75, 3.05) is 14.2 Å². The van der Waals surface area contributed by atoms with Crippen molar-refractivity contribution in [3.05, 3.63) is 83.2 Å². The first kappa shape index (κ1) is 27.2. The maximum atomic E-state index is 14.8. The monoisotopic (exact) mass is 496 g/mol. The molecular formula is C29H33FO6. The lowest BCUT2D eigenvalue weighted by Gasteiger charge is -2.21. The van der Waals surface area contributed by atoms with Crippen LogP contribution in [0.1, 0.15) is 50.0 Å². The van der Waals surface area contributed by atoms with Crippen molar-refractivity contribution < 1.29 is 33.2 Å². The predicted molar refractivity (Wildman–Crippen MR) is 135 cm³/mol. The zero-order valence-corrected chi connectivity index (χ0v) is 21.3. The van der Waals surface area contributed by atoms with Gasteiger partial charge in [0.2, 0.25) is 0 Å². The molecule has 0 aliphatic carbocycles. The summed E-state index contributed by atoms with van der Waals surface area (Å²) in [7, 11) is 2.83. The highest BCUT2D eigenvalue weighted by Gasteiger charge is 2.17. The van der Waals surface area contributed by atoms with Gasteiger partial charge in [0.05, 0.1) is 39.0 Å². The molecule has 0 bridgehead atoms. The highest BCUT2D eigenvalue weighted by Crippen LogP contribution is 2.32. The summed E-state index contributed by atoms with van der Waals surface area (Å²) in [5, 5.41) is 10.3. The molecule has 6 nitrogen and oxygen atoms in total. The van der Waals surface area contributed by atoms with Crippen molar-refractivity contribution in [3.63, 3.8) is 0 Å². The Morgan fingerprint density at radius 3 is 2.42 bits per heavy atom. The van der Waals surface area contributed by atoms with Gasteiger partial charge in [-0.3, -0.25) is 4.79 Å². The molecule has 0 heterocycles. The first-order valence-corrected chi connectivity index (χ1v) is 11.7. The maximum Gasteiger partial charge on any atom is 0.308 e. The lowest BCUT2D eigenvalue weighted by molar-refractivity contribution is -0.142. The average molecular weight is 497 g/mol. The smallest absolute Gasteiger partial charge is 0.308 e. The standard InChI is InChI=1S/C29H33FO6/c1-29(2,3)36-18-21-13-19(9-11-24(21)25-15-22(33-4)10-12-26(25)30)17-35-23-8-6-7-20(14-23)27(31)16-28(32)34-5/h6-15,27,31H,16-18H2,1-5H3/t27-/m1/s1. The van der Waals surface area contributed by atoms with E-state index in [2.05, 4.69) is 4.74 Å². The Hall–Kier alpha value is -3.42. The fourth-order valence-corrected chi connectivity index (χ4v) is 3.59. The Bertz CT molecular complexity index is 1180. The number of carbonyl (C=O) groups excluding carboxylic acids is 1. The highest BCUT2D eigenvalue weighted by atomic mass is 19.1. The zero-order valence-electron chi connectivity index (χ0n) is 21.3. The van der Waals surface area contributed by atoms with Gasteiger partial charge in [0, 0.05) is 5.56 Å². The molecule has 0 saturated carbocycles. The number of halogens is 1. The minimum absolute atomic E-state index is 0.140. The van der Waals surface area contributed by atoms with Gasteiger partial charge in [-0.25, -0.2) is 4.39 Å². The van der Waals surface area contributed by atoms with E-state index in [0.717, 1.165) is 11.1 Å². The van der Waals surface area contributed by atoms with Crippen LogP contribution in [-0.2, 0) is 27.5 Å². The summed E-state index contributed by atoms with van der Waals surface area (Å²) in [6.07, 6.45) is -1.13. The van der Waals surface area contributed by atoms with E-state index >= 15 is 0 Å². The average Bonchev–Trinajstić information content (AvgIpc) is 2.86. The SMILES string of the molecule is COC(=O)C[C@@H](O)c1cccc(OCc2ccc(-c3cc(OC)ccc3F)c(COC(C)(C)C)c2)c1. The molecule has 36 heavy (non-hydrogen) atoms. The number of ether oxygens (including phenoxy) is 4. The van der Waals surface area contributed by atoms with Gasteiger partial charge >= 0.3 is 5.97 Å². The molecule has 1 atom stereocenters. The van der Waals surface area contributed by atoms with Crippen LogP contribution in [0.15, 0.2) is 60.7 Å². The second kappa shape index (κ2) is 12.0. The van der Waals surface area contributed by atoms with Crippen LogP contribution in [0.4, 0.5) is 4.39 Å². The van der Waals surface area contributed by atoms with Gasteiger partial charge in [-0.15, -0.1) is 0 Å². The van der Waals surface area contributed by atoms with Crippen molar-refractivity contribution in [1.82, 2.24) is 0 Å². The number of rotatable bonds is 10. The Labute approximate surface area is 211 Å². The molecule has 7 heteroatoms. The molecular weight excluding hydrogens is 463 g/mol. The van der Waals surface area contributed by atoms with Crippen LogP contribution in [0.5, 0.6) is 11.5 Å². The fourth-order valence-electron chi connectivity index (χ4n) is 3.59. The van der Waals surface area contributed by atoms with Crippen molar-refractivity contribution >= 4 is 5.97 Å². The Balaban J connectivity index is 1.84. The Kier molecular flexibility index (Phi) is 9.07. The minimum atomic E-state index is -0.987. The van der Waals surface area contributed by atoms with Crippen LogP contribution in [0, 0.1) is 5.82 Å². The van der Waals surface area contributed by atoms with Gasteiger partial charge in [-0.2, -0.15) is 0 Å². The molecule has 0 radical (unpaired) electrons. The number of carbonyl (C=O) groups is 1. The topological polar surface area (TPSA) is 74.2 Å². The van der Waals surface area contributed by atoms with Crippen molar-refractivity contribution in [2.24, 2.45) is 0 Å². The van der Waals surface area contributed by atoms with Crippen LogP contribution in [0.25, 0.3) is 11.1 Å². The van der Waals surface area contributed by atoms with Crippen LogP contribution < -0.4 is 9.47 Å². The first-order valence-electron chi connectivity index (χ1n) is 11.7. The number of esters is 1. The second-order valence-corrected chi connectivity index (χ2v) is 9.40. The third kappa shape index (κ3) is 7.54. The summed E-state index contributed by atoms with van der Waals surface area (Å²) in [4.78, 5) is 11.5. The molecule has 192 valence electrons. The number of hydrogen-bond donors (Lipinski definition) is 1. The molecule has 0 saturated heterocycles. The molecule has 0 aromatic heterocycles. The molecule has 3 rings (SSSR count). The normalized spacial score (nSPS) is 12.2. The van der Waals surface area contributed by atoms with E-state index < -0.39 is 12.1 Å². The number of aliphatic hydroxyl groups is 1. The van der Waals surface area contributed by atoms with E-state index in [4.69, 9.17) is 14.2 Å². The van der Waals surface area contributed by atoms with E-state index in [1.165, 1.54) is 13.2 Å². The van der Waals surface area contributed by atoms with E-state index in [9.17, 15) is 14.3 Å². The van der Waals surface area contributed by atoms with Crippen LogP contribution >= 0.6 is 0 Å². The predicted octanol–water partition coefficient (Wildman–Crippen LogP) is 5.99. The quantitative estimate of drug-likeness (QED) is 0.348.